The molecule has 1 aliphatic heterocycles. The minimum absolute atomic E-state index is 0. The van der Waals surface area contributed by atoms with Crippen LogP contribution in [0.25, 0.3) is 0 Å². The SMILES string of the molecule is CCCCOc1ccc(N(C)CCC2(O)CCN(CCCc3ccccc3)CC2)cc1.Cl.Cl. The van der Waals surface area contributed by atoms with E-state index in [-0.39, 0.29) is 24.8 Å². The summed E-state index contributed by atoms with van der Waals surface area (Å²) in [4.78, 5) is 4.75. The number of unbranched alkanes of at least 4 members (excludes halogenated alkanes) is 1. The quantitative estimate of drug-likeness (QED) is 0.365. The lowest BCUT2D eigenvalue weighted by Gasteiger charge is -2.39. The second-order valence-corrected chi connectivity index (χ2v) is 9.02. The van der Waals surface area contributed by atoms with Gasteiger partial charge in [0.05, 0.1) is 12.2 Å². The van der Waals surface area contributed by atoms with Crippen LogP contribution in [0.5, 0.6) is 5.75 Å². The fraction of sp³-hybridized carbons (Fsp3) is 0.556. The summed E-state index contributed by atoms with van der Waals surface area (Å²) in [6.07, 6.45) is 7.11. The molecular formula is C27H42Cl2N2O2. The van der Waals surface area contributed by atoms with Crippen LogP contribution in [0.15, 0.2) is 54.6 Å². The van der Waals surface area contributed by atoms with E-state index in [1.54, 1.807) is 0 Å². The number of piperidine rings is 1. The smallest absolute Gasteiger partial charge is 0.119 e. The monoisotopic (exact) mass is 496 g/mol. The standard InChI is InChI=1S/C27H40N2O2.2ClH/c1-3-4-23-31-26-14-12-25(13-15-26)28(2)20-16-27(30)17-21-29(22-18-27)19-8-11-24-9-6-5-7-10-24;;/h5-7,9-10,12-15,30H,3-4,8,11,16-23H2,1-2H3;2*1H. The second kappa shape index (κ2) is 15.4. The maximum atomic E-state index is 11.1. The van der Waals surface area contributed by atoms with E-state index in [9.17, 15) is 5.11 Å². The highest BCUT2D eigenvalue weighted by molar-refractivity contribution is 5.85. The Hall–Kier alpha value is -1.46. The highest BCUT2D eigenvalue weighted by atomic mass is 35.5. The zero-order valence-corrected chi connectivity index (χ0v) is 21.9. The first kappa shape index (κ1) is 29.6. The molecule has 0 atom stereocenters. The van der Waals surface area contributed by atoms with Crippen molar-refractivity contribution in [1.29, 1.82) is 0 Å². The van der Waals surface area contributed by atoms with Gasteiger partial charge in [0.2, 0.25) is 0 Å². The van der Waals surface area contributed by atoms with Gasteiger partial charge in [-0.05, 0) is 74.9 Å². The van der Waals surface area contributed by atoms with Crippen LogP contribution in [0.2, 0.25) is 0 Å². The molecule has 33 heavy (non-hydrogen) atoms. The van der Waals surface area contributed by atoms with Crippen molar-refractivity contribution in [3.8, 4) is 5.75 Å². The van der Waals surface area contributed by atoms with Crippen molar-refractivity contribution in [2.45, 2.75) is 57.5 Å². The number of nitrogens with zero attached hydrogens (tertiary/aromatic N) is 2. The summed E-state index contributed by atoms with van der Waals surface area (Å²) in [6, 6.07) is 19.0. The van der Waals surface area contributed by atoms with Crippen molar-refractivity contribution in [1.82, 2.24) is 4.90 Å². The van der Waals surface area contributed by atoms with Crippen LogP contribution >= 0.6 is 24.8 Å². The Bertz CT molecular complexity index is 750. The van der Waals surface area contributed by atoms with Crippen LogP contribution in [0.3, 0.4) is 0 Å². The van der Waals surface area contributed by atoms with E-state index >= 15 is 0 Å². The molecule has 0 radical (unpaired) electrons. The number of benzene rings is 2. The molecule has 0 unspecified atom stereocenters. The van der Waals surface area contributed by atoms with Crippen molar-refractivity contribution in [2.24, 2.45) is 0 Å². The van der Waals surface area contributed by atoms with Crippen LogP contribution in [0, 0.1) is 0 Å². The Kier molecular flexibility index (Phi) is 13.8. The molecule has 2 aromatic rings. The summed E-state index contributed by atoms with van der Waals surface area (Å²) in [5, 5.41) is 11.1. The van der Waals surface area contributed by atoms with Crippen molar-refractivity contribution < 1.29 is 9.84 Å². The Labute approximate surface area is 213 Å². The average Bonchev–Trinajstić information content (AvgIpc) is 2.80. The van der Waals surface area contributed by atoms with Crippen LogP contribution in [-0.2, 0) is 6.42 Å². The van der Waals surface area contributed by atoms with Gasteiger partial charge in [-0.2, -0.15) is 0 Å². The molecule has 1 saturated heterocycles. The molecular weight excluding hydrogens is 455 g/mol. The zero-order chi connectivity index (χ0) is 21.9. The first-order valence-corrected chi connectivity index (χ1v) is 12.0. The molecule has 0 spiro atoms. The molecule has 0 aliphatic carbocycles. The number of anilines is 1. The molecule has 2 aromatic carbocycles. The van der Waals surface area contributed by atoms with Crippen LogP contribution in [0.4, 0.5) is 5.69 Å². The van der Waals surface area contributed by atoms with Gasteiger partial charge in [0.15, 0.2) is 0 Å². The molecule has 0 amide bonds. The molecule has 1 N–H and O–H groups in total. The van der Waals surface area contributed by atoms with Crippen LogP contribution < -0.4 is 9.64 Å². The number of rotatable bonds is 12. The highest BCUT2D eigenvalue weighted by Gasteiger charge is 2.32. The number of aryl methyl sites for hydroxylation is 1. The van der Waals surface area contributed by atoms with Gasteiger partial charge in [-0.25, -0.2) is 0 Å². The third kappa shape index (κ3) is 10.1. The third-order valence-corrected chi connectivity index (χ3v) is 6.53. The summed E-state index contributed by atoms with van der Waals surface area (Å²) < 4.78 is 5.75. The maximum absolute atomic E-state index is 11.1. The molecule has 0 bridgehead atoms. The normalized spacial score (nSPS) is 15.2. The molecule has 4 nitrogen and oxygen atoms in total. The zero-order valence-electron chi connectivity index (χ0n) is 20.2. The lowest BCUT2D eigenvalue weighted by Crippen LogP contribution is -2.46. The Morgan fingerprint density at radius 3 is 2.27 bits per heavy atom. The Morgan fingerprint density at radius 1 is 0.970 bits per heavy atom. The fourth-order valence-electron chi connectivity index (χ4n) is 4.23. The minimum atomic E-state index is -0.534. The van der Waals surface area contributed by atoms with Gasteiger partial charge in [0.25, 0.3) is 0 Å². The van der Waals surface area contributed by atoms with Crippen molar-refractivity contribution in [3.05, 3.63) is 60.2 Å². The first-order valence-electron chi connectivity index (χ1n) is 12.0. The van der Waals surface area contributed by atoms with Crippen molar-refractivity contribution in [3.63, 3.8) is 0 Å². The largest absolute Gasteiger partial charge is 0.494 e. The van der Waals surface area contributed by atoms with E-state index in [4.69, 9.17) is 4.74 Å². The molecule has 0 saturated carbocycles. The number of hydrogen-bond donors (Lipinski definition) is 1. The molecule has 1 fully saturated rings. The van der Waals surface area contributed by atoms with Gasteiger partial charge in [-0.1, -0.05) is 43.7 Å². The third-order valence-electron chi connectivity index (χ3n) is 6.53. The summed E-state index contributed by atoms with van der Waals surface area (Å²) in [7, 11) is 2.11. The van der Waals surface area contributed by atoms with Gasteiger partial charge in [0.1, 0.15) is 5.75 Å². The summed E-state index contributed by atoms with van der Waals surface area (Å²) in [5.41, 5.74) is 2.05. The predicted octanol–water partition coefficient (Wildman–Crippen LogP) is 6.00. The number of ether oxygens (including phenoxy) is 1. The highest BCUT2D eigenvalue weighted by Crippen LogP contribution is 2.27. The van der Waals surface area contributed by atoms with Crippen LogP contribution in [0.1, 0.15) is 51.0 Å². The lowest BCUT2D eigenvalue weighted by molar-refractivity contribution is -0.0258. The van der Waals surface area contributed by atoms with Gasteiger partial charge >= 0.3 is 0 Å². The maximum Gasteiger partial charge on any atom is 0.119 e. The Morgan fingerprint density at radius 2 is 1.64 bits per heavy atom. The van der Waals surface area contributed by atoms with Gasteiger partial charge in [0, 0.05) is 32.4 Å². The van der Waals surface area contributed by atoms with E-state index in [2.05, 4.69) is 66.2 Å². The molecule has 0 aromatic heterocycles. The van der Waals surface area contributed by atoms with E-state index in [1.165, 1.54) is 17.7 Å². The van der Waals surface area contributed by atoms with E-state index in [1.807, 2.05) is 12.1 Å². The Balaban J connectivity index is 0.00000272. The van der Waals surface area contributed by atoms with Crippen molar-refractivity contribution >= 4 is 30.5 Å². The summed E-state index contributed by atoms with van der Waals surface area (Å²) in [5.74, 6) is 0.934. The number of hydrogen-bond acceptors (Lipinski definition) is 4. The van der Waals surface area contributed by atoms with Gasteiger partial charge < -0.3 is 19.6 Å². The number of likely N-dealkylation sites (tertiary alicyclic amines) is 1. The minimum Gasteiger partial charge on any atom is -0.494 e. The molecule has 1 aliphatic rings. The molecule has 186 valence electrons. The van der Waals surface area contributed by atoms with Gasteiger partial charge in [-0.15, -0.1) is 24.8 Å². The fourth-order valence-corrected chi connectivity index (χ4v) is 4.23. The van der Waals surface area contributed by atoms with E-state index in [0.717, 1.165) is 77.1 Å². The molecule has 1 heterocycles. The van der Waals surface area contributed by atoms with E-state index in [0.29, 0.717) is 0 Å². The second-order valence-electron chi connectivity index (χ2n) is 9.02. The van der Waals surface area contributed by atoms with Crippen LogP contribution in [-0.4, -0.2) is 55.4 Å². The number of halogens is 2. The summed E-state index contributed by atoms with van der Waals surface area (Å²) >= 11 is 0. The molecule has 6 heteroatoms. The van der Waals surface area contributed by atoms with Gasteiger partial charge in [-0.3, -0.25) is 0 Å². The predicted molar refractivity (Wildman–Crippen MR) is 145 cm³/mol. The average molecular weight is 498 g/mol. The van der Waals surface area contributed by atoms with Crippen molar-refractivity contribution in [2.75, 3.05) is 44.7 Å². The molecule has 3 rings (SSSR count). The topological polar surface area (TPSA) is 35.9 Å². The first-order chi connectivity index (χ1) is 15.1. The number of aliphatic hydroxyl groups is 1. The summed E-state index contributed by atoms with van der Waals surface area (Å²) in [6.45, 7) is 6.93. The van der Waals surface area contributed by atoms with E-state index < -0.39 is 5.60 Å². The lowest BCUT2D eigenvalue weighted by atomic mass is 9.88.